The van der Waals surface area contributed by atoms with Crippen LogP contribution in [0, 0.1) is 17.8 Å². The Balaban J connectivity index is 4.48. The van der Waals surface area contributed by atoms with E-state index in [2.05, 4.69) is 5.43 Å². The second-order valence-corrected chi connectivity index (χ2v) is 4.76. The van der Waals surface area contributed by atoms with Crippen LogP contribution in [-0.2, 0) is 9.59 Å². The van der Waals surface area contributed by atoms with Crippen LogP contribution in [0.3, 0.4) is 0 Å². The highest BCUT2D eigenvalue weighted by atomic mass is 16.2. The van der Waals surface area contributed by atoms with Crippen LogP contribution in [-0.4, -0.2) is 11.7 Å². The van der Waals surface area contributed by atoms with Crippen molar-refractivity contribution in [3.8, 4) is 0 Å². The Morgan fingerprint density at radius 1 is 1.13 bits per heavy atom. The molecule has 0 aromatic carbocycles. The molecule has 0 bridgehead atoms. The first-order valence-electron chi connectivity index (χ1n) is 5.41. The first-order chi connectivity index (χ1) is 6.88. The number of carbonyl (C=O) groups is 2. The van der Waals surface area contributed by atoms with E-state index in [4.69, 9.17) is 5.84 Å². The standard InChI is InChI=1S/C11H22N2O2/c1-7(2)5-9(11(15)13-12)10(14)6-8(3)4/h7-9H,5-6,12H2,1-4H3,(H,13,15). The number of ketones is 1. The fourth-order valence-electron chi connectivity index (χ4n) is 1.50. The van der Waals surface area contributed by atoms with Gasteiger partial charge in [0.2, 0.25) is 5.91 Å². The third kappa shape index (κ3) is 5.52. The molecule has 0 aliphatic carbocycles. The van der Waals surface area contributed by atoms with Crippen LogP contribution in [0.4, 0.5) is 0 Å². The molecule has 0 heterocycles. The third-order valence-electron chi connectivity index (χ3n) is 2.16. The number of rotatable bonds is 6. The minimum atomic E-state index is -0.586. The van der Waals surface area contributed by atoms with E-state index in [0.717, 1.165) is 0 Å². The lowest BCUT2D eigenvalue weighted by Crippen LogP contribution is -2.40. The zero-order valence-electron chi connectivity index (χ0n) is 10.0. The van der Waals surface area contributed by atoms with E-state index in [9.17, 15) is 9.59 Å². The molecule has 0 rings (SSSR count). The summed E-state index contributed by atoms with van der Waals surface area (Å²) in [6.45, 7) is 7.90. The average molecular weight is 214 g/mol. The Hall–Kier alpha value is -0.900. The quantitative estimate of drug-likeness (QED) is 0.302. The number of hydrazine groups is 1. The SMILES string of the molecule is CC(C)CC(=O)C(CC(C)C)C(=O)NN. The van der Waals surface area contributed by atoms with Crippen molar-refractivity contribution in [3.63, 3.8) is 0 Å². The van der Waals surface area contributed by atoms with Crippen LogP contribution in [0.15, 0.2) is 0 Å². The Morgan fingerprint density at radius 2 is 1.67 bits per heavy atom. The summed E-state index contributed by atoms with van der Waals surface area (Å²) in [6, 6.07) is 0. The highest BCUT2D eigenvalue weighted by molar-refractivity contribution is 6.01. The van der Waals surface area contributed by atoms with Crippen molar-refractivity contribution in [1.29, 1.82) is 0 Å². The number of hydrogen-bond acceptors (Lipinski definition) is 3. The third-order valence-corrected chi connectivity index (χ3v) is 2.16. The molecule has 0 aliphatic rings. The van der Waals surface area contributed by atoms with E-state index >= 15 is 0 Å². The van der Waals surface area contributed by atoms with Crippen LogP contribution >= 0.6 is 0 Å². The molecule has 3 N–H and O–H groups in total. The summed E-state index contributed by atoms with van der Waals surface area (Å²) >= 11 is 0. The average Bonchev–Trinajstić information content (AvgIpc) is 2.11. The van der Waals surface area contributed by atoms with Crippen LogP contribution in [0.25, 0.3) is 0 Å². The van der Waals surface area contributed by atoms with Gasteiger partial charge in [-0.05, 0) is 18.3 Å². The molecule has 1 amide bonds. The van der Waals surface area contributed by atoms with Gasteiger partial charge < -0.3 is 0 Å². The lowest BCUT2D eigenvalue weighted by Gasteiger charge is -2.17. The monoisotopic (exact) mass is 214 g/mol. The first kappa shape index (κ1) is 14.1. The van der Waals surface area contributed by atoms with E-state index in [1.54, 1.807) is 0 Å². The fraction of sp³-hybridized carbons (Fsp3) is 0.818. The molecule has 0 saturated carbocycles. The summed E-state index contributed by atoms with van der Waals surface area (Å²) in [4.78, 5) is 23.2. The summed E-state index contributed by atoms with van der Waals surface area (Å²) in [5, 5.41) is 0. The predicted octanol–water partition coefficient (Wildman–Crippen LogP) is 1.25. The molecule has 0 saturated heterocycles. The number of nitrogens with one attached hydrogen (secondary N) is 1. The lowest BCUT2D eigenvalue weighted by atomic mass is 9.89. The van der Waals surface area contributed by atoms with E-state index in [1.165, 1.54) is 0 Å². The van der Waals surface area contributed by atoms with Gasteiger partial charge in [-0.2, -0.15) is 0 Å². The lowest BCUT2D eigenvalue weighted by molar-refractivity contribution is -0.135. The number of carbonyl (C=O) groups excluding carboxylic acids is 2. The van der Waals surface area contributed by atoms with Crippen molar-refractivity contribution in [1.82, 2.24) is 5.43 Å². The fourth-order valence-corrected chi connectivity index (χ4v) is 1.50. The maximum absolute atomic E-state index is 11.8. The largest absolute Gasteiger partial charge is 0.299 e. The maximum Gasteiger partial charge on any atom is 0.244 e. The summed E-state index contributed by atoms with van der Waals surface area (Å²) in [7, 11) is 0. The molecule has 4 nitrogen and oxygen atoms in total. The molecule has 15 heavy (non-hydrogen) atoms. The smallest absolute Gasteiger partial charge is 0.244 e. The van der Waals surface area contributed by atoms with E-state index in [0.29, 0.717) is 18.8 Å². The van der Waals surface area contributed by atoms with Gasteiger partial charge in [-0.3, -0.25) is 15.0 Å². The molecular weight excluding hydrogens is 192 g/mol. The number of Topliss-reactive ketones (excluding diaryl/α,β-unsaturated/α-hetero) is 1. The summed E-state index contributed by atoms with van der Waals surface area (Å²) in [5.74, 6) is 4.69. The van der Waals surface area contributed by atoms with Crippen molar-refractivity contribution in [2.24, 2.45) is 23.6 Å². The Labute approximate surface area is 91.6 Å². The van der Waals surface area contributed by atoms with Gasteiger partial charge in [-0.15, -0.1) is 0 Å². The zero-order chi connectivity index (χ0) is 12.0. The molecule has 0 fully saturated rings. The number of hydrogen-bond donors (Lipinski definition) is 2. The Bertz CT molecular complexity index is 225. The second kappa shape index (κ2) is 6.56. The van der Waals surface area contributed by atoms with E-state index < -0.39 is 5.92 Å². The van der Waals surface area contributed by atoms with Crippen molar-refractivity contribution in [2.75, 3.05) is 0 Å². The molecule has 0 aliphatic heterocycles. The van der Waals surface area contributed by atoms with Gasteiger partial charge in [0, 0.05) is 6.42 Å². The van der Waals surface area contributed by atoms with Crippen LogP contribution in [0.1, 0.15) is 40.5 Å². The van der Waals surface area contributed by atoms with Gasteiger partial charge in [0.15, 0.2) is 0 Å². The summed E-state index contributed by atoms with van der Waals surface area (Å²) < 4.78 is 0. The zero-order valence-corrected chi connectivity index (χ0v) is 10.0. The number of amides is 1. The molecule has 1 unspecified atom stereocenters. The molecule has 1 atom stereocenters. The van der Waals surface area contributed by atoms with Crippen molar-refractivity contribution >= 4 is 11.7 Å². The van der Waals surface area contributed by atoms with Gasteiger partial charge in [0.25, 0.3) is 0 Å². The maximum atomic E-state index is 11.8. The van der Waals surface area contributed by atoms with Crippen molar-refractivity contribution in [3.05, 3.63) is 0 Å². The topological polar surface area (TPSA) is 72.2 Å². The van der Waals surface area contributed by atoms with Gasteiger partial charge in [0.1, 0.15) is 5.78 Å². The minimum absolute atomic E-state index is 0.0124. The predicted molar refractivity (Wildman–Crippen MR) is 59.7 cm³/mol. The number of nitrogens with two attached hydrogens (primary N) is 1. The second-order valence-electron chi connectivity index (χ2n) is 4.76. The van der Waals surface area contributed by atoms with Gasteiger partial charge in [-0.25, -0.2) is 5.84 Å². The van der Waals surface area contributed by atoms with Crippen LogP contribution in [0.2, 0.25) is 0 Å². The van der Waals surface area contributed by atoms with Crippen LogP contribution < -0.4 is 11.3 Å². The van der Waals surface area contributed by atoms with Crippen molar-refractivity contribution < 1.29 is 9.59 Å². The molecule has 4 heteroatoms. The Kier molecular flexibility index (Phi) is 6.17. The highest BCUT2D eigenvalue weighted by Crippen LogP contribution is 2.16. The molecule has 0 aromatic rings. The summed E-state index contributed by atoms with van der Waals surface area (Å²) in [5.41, 5.74) is 2.06. The van der Waals surface area contributed by atoms with E-state index in [1.807, 2.05) is 27.7 Å². The molecule has 0 radical (unpaired) electrons. The molecule has 0 spiro atoms. The molecule has 0 aromatic heterocycles. The van der Waals surface area contributed by atoms with Gasteiger partial charge >= 0.3 is 0 Å². The highest BCUT2D eigenvalue weighted by Gasteiger charge is 2.26. The molecule has 88 valence electrons. The Morgan fingerprint density at radius 3 is 2.00 bits per heavy atom. The van der Waals surface area contributed by atoms with Crippen molar-refractivity contribution in [2.45, 2.75) is 40.5 Å². The molecular formula is C11H22N2O2. The van der Waals surface area contributed by atoms with E-state index in [-0.39, 0.29) is 17.6 Å². The minimum Gasteiger partial charge on any atom is -0.299 e. The van der Waals surface area contributed by atoms with Crippen LogP contribution in [0.5, 0.6) is 0 Å². The van der Waals surface area contributed by atoms with Gasteiger partial charge in [-0.1, -0.05) is 27.7 Å². The normalized spacial score (nSPS) is 13.0. The van der Waals surface area contributed by atoms with Gasteiger partial charge in [0.05, 0.1) is 5.92 Å². The first-order valence-corrected chi connectivity index (χ1v) is 5.41. The summed E-state index contributed by atoms with van der Waals surface area (Å²) in [6.07, 6.45) is 0.999.